The fourth-order valence-corrected chi connectivity index (χ4v) is 4.87. The second-order valence-electron chi connectivity index (χ2n) is 7.65. The Hall–Kier alpha value is -2.26. The second-order valence-corrected chi connectivity index (χ2v) is 9.32. The molecular weight excluding hydrogens is 388 g/mol. The summed E-state index contributed by atoms with van der Waals surface area (Å²) in [4.78, 5) is 16.3. The van der Waals surface area contributed by atoms with E-state index in [1.807, 2.05) is 35.1 Å². The number of nitrogens with zero attached hydrogens (tertiary/aromatic N) is 3. The molecule has 2 aliphatic rings. The zero-order chi connectivity index (χ0) is 20.3. The molecule has 0 aliphatic carbocycles. The third kappa shape index (κ3) is 5.22. The van der Waals surface area contributed by atoms with Crippen LogP contribution in [0.1, 0.15) is 16.7 Å². The van der Waals surface area contributed by atoms with Crippen LogP contribution in [0.15, 0.2) is 54.6 Å². The molecule has 154 valence electrons. The molecule has 2 aromatic carbocycles. The summed E-state index contributed by atoms with van der Waals surface area (Å²) in [6.07, 6.45) is 0. The van der Waals surface area contributed by atoms with Crippen molar-refractivity contribution >= 4 is 16.1 Å². The molecule has 8 heteroatoms. The van der Waals surface area contributed by atoms with Crippen LogP contribution in [-0.2, 0) is 34.6 Å². The van der Waals surface area contributed by atoms with Gasteiger partial charge in [-0.05, 0) is 16.7 Å². The number of nitrogens with one attached hydrogen (secondary N) is 1. The summed E-state index contributed by atoms with van der Waals surface area (Å²) in [5.74, 6) is -0.479. The lowest BCUT2D eigenvalue weighted by Crippen LogP contribution is -2.45. The topological polar surface area (TPSA) is 73.0 Å². The number of rotatable bonds is 6. The minimum atomic E-state index is -3.67. The molecule has 2 saturated heterocycles. The second kappa shape index (κ2) is 8.62. The van der Waals surface area contributed by atoms with Crippen molar-refractivity contribution < 1.29 is 13.2 Å². The highest BCUT2D eigenvalue weighted by molar-refractivity contribution is 7.88. The van der Waals surface area contributed by atoms with Crippen LogP contribution in [0.4, 0.5) is 0 Å². The predicted octanol–water partition coefficient (Wildman–Crippen LogP) is 1.18. The SMILES string of the molecule is O=C1CN(Cc2ccc(CN3CCN(Cc4ccccc4)CC3)cc2)S(=O)(=O)N1. The maximum atomic E-state index is 11.8. The van der Waals surface area contributed by atoms with Gasteiger partial charge in [-0.2, -0.15) is 12.7 Å². The summed E-state index contributed by atoms with van der Waals surface area (Å²) in [6, 6.07) is 18.5. The van der Waals surface area contributed by atoms with E-state index in [2.05, 4.69) is 34.1 Å². The van der Waals surface area contributed by atoms with Gasteiger partial charge in [0.2, 0.25) is 5.91 Å². The first-order valence-electron chi connectivity index (χ1n) is 9.85. The van der Waals surface area contributed by atoms with Gasteiger partial charge in [0.15, 0.2) is 0 Å². The molecule has 2 aliphatic heterocycles. The van der Waals surface area contributed by atoms with Crippen molar-refractivity contribution in [2.24, 2.45) is 0 Å². The van der Waals surface area contributed by atoms with Gasteiger partial charge >= 0.3 is 10.2 Å². The van der Waals surface area contributed by atoms with Gasteiger partial charge in [0.25, 0.3) is 0 Å². The van der Waals surface area contributed by atoms with E-state index in [4.69, 9.17) is 0 Å². The molecule has 0 unspecified atom stereocenters. The van der Waals surface area contributed by atoms with Crippen LogP contribution in [0.25, 0.3) is 0 Å². The van der Waals surface area contributed by atoms with Crippen LogP contribution < -0.4 is 4.72 Å². The largest absolute Gasteiger partial charge is 0.304 e. The number of hydrogen-bond donors (Lipinski definition) is 1. The standard InChI is InChI=1S/C21H26N4O3S/c26-21-17-25(29(27,28)22-21)16-20-8-6-19(7-9-20)15-24-12-10-23(11-13-24)14-18-4-2-1-3-5-18/h1-9H,10-17H2,(H,22,26). The molecular formula is C21H26N4O3S. The van der Waals surface area contributed by atoms with E-state index < -0.39 is 16.1 Å². The molecule has 0 saturated carbocycles. The summed E-state index contributed by atoms with van der Waals surface area (Å²) in [6.45, 7) is 6.17. The molecule has 29 heavy (non-hydrogen) atoms. The van der Waals surface area contributed by atoms with Crippen molar-refractivity contribution in [3.8, 4) is 0 Å². The maximum Gasteiger partial charge on any atom is 0.304 e. The van der Waals surface area contributed by atoms with Gasteiger partial charge in [-0.1, -0.05) is 54.6 Å². The van der Waals surface area contributed by atoms with E-state index in [1.54, 1.807) is 0 Å². The van der Waals surface area contributed by atoms with E-state index in [9.17, 15) is 13.2 Å². The Morgan fingerprint density at radius 3 is 1.69 bits per heavy atom. The zero-order valence-corrected chi connectivity index (χ0v) is 17.1. The van der Waals surface area contributed by atoms with Crippen LogP contribution in [0, 0.1) is 0 Å². The molecule has 7 nitrogen and oxygen atoms in total. The minimum absolute atomic E-state index is 0.114. The van der Waals surface area contributed by atoms with E-state index in [0.717, 1.165) is 49.1 Å². The smallest absolute Gasteiger partial charge is 0.297 e. The van der Waals surface area contributed by atoms with Gasteiger partial charge in [0.1, 0.15) is 0 Å². The third-order valence-electron chi connectivity index (χ3n) is 5.40. The van der Waals surface area contributed by atoms with E-state index >= 15 is 0 Å². The number of amides is 1. The highest BCUT2D eigenvalue weighted by Gasteiger charge is 2.33. The van der Waals surface area contributed by atoms with Gasteiger partial charge in [0, 0.05) is 45.8 Å². The average molecular weight is 415 g/mol. The Bertz CT molecular complexity index is 940. The van der Waals surface area contributed by atoms with Gasteiger partial charge in [0.05, 0.1) is 6.54 Å². The van der Waals surface area contributed by atoms with Crippen molar-refractivity contribution in [1.29, 1.82) is 0 Å². The minimum Gasteiger partial charge on any atom is -0.297 e. The maximum absolute atomic E-state index is 11.8. The Balaban J connectivity index is 1.26. The fraction of sp³-hybridized carbons (Fsp3) is 0.381. The van der Waals surface area contributed by atoms with Crippen LogP contribution in [-0.4, -0.2) is 61.2 Å². The first-order valence-corrected chi connectivity index (χ1v) is 11.3. The molecule has 0 spiro atoms. The number of carbonyl (C=O) groups is 1. The van der Waals surface area contributed by atoms with Gasteiger partial charge in [-0.3, -0.25) is 14.6 Å². The van der Waals surface area contributed by atoms with Crippen molar-refractivity contribution in [1.82, 2.24) is 18.8 Å². The molecule has 2 fully saturated rings. The lowest BCUT2D eigenvalue weighted by atomic mass is 10.1. The van der Waals surface area contributed by atoms with E-state index in [1.165, 1.54) is 11.1 Å². The monoisotopic (exact) mass is 414 g/mol. The van der Waals surface area contributed by atoms with Crippen molar-refractivity contribution in [2.45, 2.75) is 19.6 Å². The molecule has 0 aromatic heterocycles. The lowest BCUT2D eigenvalue weighted by Gasteiger charge is -2.34. The van der Waals surface area contributed by atoms with Crippen LogP contribution >= 0.6 is 0 Å². The summed E-state index contributed by atoms with van der Waals surface area (Å²) in [5.41, 5.74) is 3.44. The molecule has 2 heterocycles. The van der Waals surface area contributed by atoms with Crippen molar-refractivity contribution in [2.75, 3.05) is 32.7 Å². The molecule has 4 rings (SSSR count). The fourth-order valence-electron chi connectivity index (χ4n) is 3.79. The summed E-state index contributed by atoms with van der Waals surface area (Å²) >= 11 is 0. The van der Waals surface area contributed by atoms with Crippen LogP contribution in [0.2, 0.25) is 0 Å². The third-order valence-corrected chi connectivity index (χ3v) is 6.83. The Labute approximate surface area is 172 Å². The normalized spacial score (nSPS) is 20.6. The summed E-state index contributed by atoms with van der Waals surface area (Å²) in [7, 11) is -3.67. The number of hydrogen-bond acceptors (Lipinski definition) is 5. The number of piperazine rings is 1. The highest BCUT2D eigenvalue weighted by Crippen LogP contribution is 2.15. The molecule has 2 aromatic rings. The first kappa shape index (κ1) is 20.0. The molecule has 0 radical (unpaired) electrons. The molecule has 1 N–H and O–H groups in total. The van der Waals surface area contributed by atoms with Crippen molar-refractivity contribution in [3.63, 3.8) is 0 Å². The number of benzene rings is 2. The molecule has 1 amide bonds. The predicted molar refractivity (Wildman–Crippen MR) is 111 cm³/mol. The lowest BCUT2D eigenvalue weighted by molar-refractivity contribution is -0.118. The van der Waals surface area contributed by atoms with E-state index in [-0.39, 0.29) is 13.1 Å². The average Bonchev–Trinajstić information content (AvgIpc) is 2.97. The Morgan fingerprint density at radius 1 is 0.724 bits per heavy atom. The highest BCUT2D eigenvalue weighted by atomic mass is 32.2. The van der Waals surface area contributed by atoms with Gasteiger partial charge < -0.3 is 0 Å². The van der Waals surface area contributed by atoms with Gasteiger partial charge in [-0.25, -0.2) is 4.72 Å². The Kier molecular flexibility index (Phi) is 5.96. The molecule has 0 atom stereocenters. The van der Waals surface area contributed by atoms with Crippen LogP contribution in [0.5, 0.6) is 0 Å². The number of carbonyl (C=O) groups excluding carboxylic acids is 1. The molecule has 0 bridgehead atoms. The summed E-state index contributed by atoms with van der Waals surface area (Å²) < 4.78 is 26.8. The van der Waals surface area contributed by atoms with Gasteiger partial charge in [-0.15, -0.1) is 0 Å². The van der Waals surface area contributed by atoms with E-state index in [0.29, 0.717) is 0 Å². The van der Waals surface area contributed by atoms with Crippen molar-refractivity contribution in [3.05, 3.63) is 71.3 Å². The zero-order valence-electron chi connectivity index (χ0n) is 16.3. The summed E-state index contributed by atoms with van der Waals surface area (Å²) in [5, 5.41) is 0. The quantitative estimate of drug-likeness (QED) is 0.769. The Morgan fingerprint density at radius 2 is 1.21 bits per heavy atom. The first-order chi connectivity index (χ1) is 14.0. The van der Waals surface area contributed by atoms with Crippen LogP contribution in [0.3, 0.4) is 0 Å².